The molecule has 1 aromatic carbocycles. The second kappa shape index (κ2) is 6.72. The molecule has 4 aliphatic rings. The number of hydrogen-bond acceptors (Lipinski definition) is 8. The third-order valence-electron chi connectivity index (χ3n) is 7.81. The summed E-state index contributed by atoms with van der Waals surface area (Å²) >= 11 is 0. The number of nitrogens with zero attached hydrogens (tertiary/aromatic N) is 3. The monoisotopic (exact) mass is 455 g/mol. The van der Waals surface area contributed by atoms with Crippen LogP contribution >= 0.6 is 0 Å². The van der Waals surface area contributed by atoms with Crippen molar-refractivity contribution in [3.63, 3.8) is 0 Å². The molecule has 6 atom stereocenters. The van der Waals surface area contributed by atoms with Crippen LogP contribution in [-0.2, 0) is 24.2 Å². The number of hydrogen-bond donors (Lipinski definition) is 2. The highest BCUT2D eigenvalue weighted by Crippen LogP contribution is 2.58. The molecule has 1 aromatic heterocycles. The number of aromatic nitrogens is 2. The van der Waals surface area contributed by atoms with E-state index in [2.05, 4.69) is 0 Å². The fourth-order valence-corrected chi connectivity index (χ4v) is 6.16. The van der Waals surface area contributed by atoms with Crippen LogP contribution in [0.5, 0.6) is 17.4 Å². The maximum atomic E-state index is 13.3. The molecular weight excluding hydrogens is 430 g/mol. The van der Waals surface area contributed by atoms with Crippen LogP contribution in [0.1, 0.15) is 29.2 Å². The fraction of sp³-hybridized carbons (Fsp3) is 0.478. The van der Waals surface area contributed by atoms with Crippen LogP contribution in [0.2, 0.25) is 0 Å². The SMILES string of the molecule is COC1C=C[C@@]23c4cc5c(cc4C(c4c(O)n(C)c(=O)n(C)c4=O)N(CC2O)C3C1)OCO5. The molecule has 0 radical (unpaired) electrons. The Bertz CT molecular complexity index is 1330. The first-order chi connectivity index (χ1) is 15.8. The van der Waals surface area contributed by atoms with Crippen molar-refractivity contribution in [1.29, 1.82) is 0 Å². The van der Waals surface area contributed by atoms with Gasteiger partial charge in [0.1, 0.15) is 0 Å². The number of ether oxygens (including phenoxy) is 3. The zero-order chi connectivity index (χ0) is 23.2. The number of benzene rings is 1. The molecule has 1 aliphatic carbocycles. The zero-order valence-electron chi connectivity index (χ0n) is 18.5. The highest BCUT2D eigenvalue weighted by molar-refractivity contribution is 5.60. The molecule has 2 N–H and O–H groups in total. The number of methoxy groups -OCH3 is 1. The molecule has 5 unspecified atom stereocenters. The second-order valence-electron chi connectivity index (χ2n) is 9.17. The Morgan fingerprint density at radius 2 is 1.88 bits per heavy atom. The van der Waals surface area contributed by atoms with Crippen LogP contribution in [0.4, 0.5) is 0 Å². The quantitative estimate of drug-likeness (QED) is 0.603. The summed E-state index contributed by atoms with van der Waals surface area (Å²) in [6, 6.07) is 2.82. The lowest BCUT2D eigenvalue weighted by Crippen LogP contribution is -2.54. The summed E-state index contributed by atoms with van der Waals surface area (Å²) in [5, 5.41) is 22.4. The van der Waals surface area contributed by atoms with Gasteiger partial charge in [-0.2, -0.15) is 0 Å². The molecule has 174 valence electrons. The average molecular weight is 455 g/mol. The van der Waals surface area contributed by atoms with Gasteiger partial charge in [0.05, 0.1) is 29.2 Å². The highest BCUT2D eigenvalue weighted by Gasteiger charge is 2.62. The van der Waals surface area contributed by atoms with E-state index in [1.54, 1.807) is 7.11 Å². The Morgan fingerprint density at radius 1 is 1.15 bits per heavy atom. The van der Waals surface area contributed by atoms with Crippen LogP contribution in [0.15, 0.2) is 33.9 Å². The Balaban J connectivity index is 1.69. The number of aliphatic hydroxyl groups is 1. The van der Waals surface area contributed by atoms with Gasteiger partial charge in [-0.25, -0.2) is 4.79 Å². The largest absolute Gasteiger partial charge is 0.494 e. The lowest BCUT2D eigenvalue weighted by molar-refractivity contribution is 0.0586. The van der Waals surface area contributed by atoms with Crippen molar-refractivity contribution in [3.05, 3.63) is 61.8 Å². The first-order valence-electron chi connectivity index (χ1n) is 10.9. The molecule has 0 saturated carbocycles. The van der Waals surface area contributed by atoms with Crippen LogP contribution < -0.4 is 20.7 Å². The predicted octanol–water partition coefficient (Wildman–Crippen LogP) is -0.121. The van der Waals surface area contributed by atoms with Crippen molar-refractivity contribution in [1.82, 2.24) is 14.0 Å². The van der Waals surface area contributed by atoms with Crippen LogP contribution in [0.25, 0.3) is 0 Å². The van der Waals surface area contributed by atoms with Crippen molar-refractivity contribution in [3.8, 4) is 17.4 Å². The summed E-state index contributed by atoms with van der Waals surface area (Å²) in [6.45, 7) is 0.364. The van der Waals surface area contributed by atoms with Crippen molar-refractivity contribution in [2.45, 2.75) is 36.1 Å². The van der Waals surface area contributed by atoms with Gasteiger partial charge >= 0.3 is 5.69 Å². The van der Waals surface area contributed by atoms with Gasteiger partial charge < -0.3 is 24.4 Å². The summed E-state index contributed by atoms with van der Waals surface area (Å²) in [6.07, 6.45) is 3.68. The van der Waals surface area contributed by atoms with E-state index in [0.29, 0.717) is 17.9 Å². The molecule has 1 fully saturated rings. The Morgan fingerprint density at radius 3 is 2.61 bits per heavy atom. The van der Waals surface area contributed by atoms with E-state index < -0.39 is 28.8 Å². The Kier molecular flexibility index (Phi) is 4.18. The second-order valence-corrected chi connectivity index (χ2v) is 9.17. The van der Waals surface area contributed by atoms with Crippen molar-refractivity contribution in [2.24, 2.45) is 14.1 Å². The molecule has 33 heavy (non-hydrogen) atoms. The first-order valence-corrected chi connectivity index (χ1v) is 10.9. The van der Waals surface area contributed by atoms with Crippen LogP contribution in [0.3, 0.4) is 0 Å². The van der Waals surface area contributed by atoms with Gasteiger partial charge in [-0.1, -0.05) is 12.2 Å². The molecule has 10 heteroatoms. The maximum absolute atomic E-state index is 13.3. The minimum absolute atomic E-state index is 0.0834. The lowest BCUT2D eigenvalue weighted by atomic mass is 9.63. The first kappa shape index (κ1) is 20.5. The van der Waals surface area contributed by atoms with Crippen LogP contribution in [-0.4, -0.2) is 62.9 Å². The number of aromatic hydroxyl groups is 1. The molecular formula is C23H25N3O7. The molecule has 2 aromatic rings. The average Bonchev–Trinajstić information content (AvgIpc) is 3.37. The van der Waals surface area contributed by atoms with Crippen molar-refractivity contribution >= 4 is 0 Å². The molecule has 10 nitrogen and oxygen atoms in total. The highest BCUT2D eigenvalue weighted by atomic mass is 16.7. The van der Waals surface area contributed by atoms with E-state index in [9.17, 15) is 19.8 Å². The van der Waals surface area contributed by atoms with Gasteiger partial charge in [0.25, 0.3) is 5.56 Å². The van der Waals surface area contributed by atoms with Gasteiger partial charge in [0.15, 0.2) is 11.5 Å². The van der Waals surface area contributed by atoms with Crippen LogP contribution in [0, 0.1) is 0 Å². The number of fused-ring (bicyclic) bond motifs is 2. The van der Waals surface area contributed by atoms with Gasteiger partial charge in [0.2, 0.25) is 12.7 Å². The van der Waals surface area contributed by atoms with E-state index in [4.69, 9.17) is 14.2 Å². The minimum atomic E-state index is -0.751. The minimum Gasteiger partial charge on any atom is -0.494 e. The zero-order valence-corrected chi connectivity index (χ0v) is 18.5. The van der Waals surface area contributed by atoms with Gasteiger partial charge in [-0.3, -0.25) is 18.8 Å². The normalized spacial score (nSPS) is 33.2. The van der Waals surface area contributed by atoms with E-state index >= 15 is 0 Å². The number of rotatable bonds is 2. The summed E-state index contributed by atoms with van der Waals surface area (Å²) in [5.74, 6) is 0.729. The fourth-order valence-electron chi connectivity index (χ4n) is 6.16. The summed E-state index contributed by atoms with van der Waals surface area (Å²) in [4.78, 5) is 27.8. The maximum Gasteiger partial charge on any atom is 0.333 e. The third kappa shape index (κ3) is 2.43. The molecule has 2 bridgehead atoms. The van der Waals surface area contributed by atoms with Crippen molar-refractivity contribution in [2.75, 3.05) is 20.4 Å². The molecule has 3 aliphatic heterocycles. The van der Waals surface area contributed by atoms with Gasteiger partial charge in [-0.15, -0.1) is 0 Å². The smallest absolute Gasteiger partial charge is 0.333 e. The summed E-state index contributed by atoms with van der Waals surface area (Å²) in [5.41, 5.74) is -0.260. The Labute approximate surface area is 188 Å². The van der Waals surface area contributed by atoms with E-state index in [1.165, 1.54) is 14.1 Å². The third-order valence-corrected chi connectivity index (χ3v) is 7.81. The van der Waals surface area contributed by atoms with Gasteiger partial charge in [-0.05, 0) is 29.7 Å². The molecule has 4 heterocycles. The summed E-state index contributed by atoms with van der Waals surface area (Å²) < 4.78 is 18.9. The summed E-state index contributed by atoms with van der Waals surface area (Å²) in [7, 11) is 4.46. The van der Waals surface area contributed by atoms with Crippen molar-refractivity contribution < 1.29 is 24.4 Å². The molecule has 0 spiro atoms. The number of aliphatic hydroxyl groups excluding tert-OH is 1. The van der Waals surface area contributed by atoms with E-state index in [0.717, 1.165) is 20.3 Å². The molecule has 6 rings (SSSR count). The lowest BCUT2D eigenvalue weighted by Gasteiger charge is -2.49. The topological polar surface area (TPSA) is 115 Å². The van der Waals surface area contributed by atoms with E-state index in [-0.39, 0.29) is 36.9 Å². The molecule has 0 amide bonds. The molecule has 1 saturated heterocycles. The van der Waals surface area contributed by atoms with E-state index in [1.807, 2.05) is 29.2 Å². The van der Waals surface area contributed by atoms with Gasteiger partial charge in [0, 0.05) is 33.8 Å². The standard InChI is InChI=1S/C23H25N3O7/c1-24-20(28)18(21(29)25(2)22(24)30)19-12-7-14-15(33-10-32-14)8-13(12)23-5-4-11(31-3)6-16(23)26(19)9-17(23)27/h4-5,7-8,11,16-17,19,27-28H,6,9-10H2,1-3H3/t11?,16?,17?,19?,23-/m0/s1. The Hall–Kier alpha value is -3.08. The predicted molar refractivity (Wildman–Crippen MR) is 116 cm³/mol.